The van der Waals surface area contributed by atoms with E-state index in [0.29, 0.717) is 5.89 Å². The second-order valence-electron chi connectivity index (χ2n) is 3.52. The molecule has 72 valence electrons. The predicted octanol–water partition coefficient (Wildman–Crippen LogP) is 0.293. The molecule has 2 rings (SSSR count). The number of nitrogens with one attached hydrogen (secondary N) is 1. The number of nitrogen functional groups attached to an aromatic ring is 1. The quantitative estimate of drug-likeness (QED) is 0.687. The van der Waals surface area contributed by atoms with Crippen LogP contribution in [0.3, 0.4) is 0 Å². The number of hydrogen-bond acceptors (Lipinski definition) is 5. The highest BCUT2D eigenvalue weighted by atomic mass is 16.5. The molecule has 5 heteroatoms. The molecule has 0 bridgehead atoms. The van der Waals surface area contributed by atoms with Crippen molar-refractivity contribution in [2.75, 3.05) is 18.8 Å². The van der Waals surface area contributed by atoms with Crippen LogP contribution in [0.1, 0.15) is 25.7 Å². The lowest BCUT2D eigenvalue weighted by Gasteiger charge is -2.20. The minimum absolute atomic E-state index is 0.0185. The highest BCUT2D eigenvalue weighted by Gasteiger charge is 2.39. The average Bonchev–Trinajstić information content (AvgIpc) is 2.73. The van der Waals surface area contributed by atoms with Crippen LogP contribution in [0.15, 0.2) is 4.52 Å². The molecule has 2 heterocycles. The Hall–Kier alpha value is -1.10. The zero-order valence-corrected chi connectivity index (χ0v) is 7.71. The van der Waals surface area contributed by atoms with E-state index in [1.165, 1.54) is 0 Å². The van der Waals surface area contributed by atoms with Crippen molar-refractivity contribution in [2.45, 2.75) is 25.2 Å². The van der Waals surface area contributed by atoms with Gasteiger partial charge < -0.3 is 15.6 Å². The molecule has 0 amide bonds. The lowest BCUT2D eigenvalue weighted by molar-refractivity contribution is 0.285. The largest absolute Gasteiger partial charge is 0.365 e. The highest BCUT2D eigenvalue weighted by molar-refractivity contribution is 5.17. The summed E-state index contributed by atoms with van der Waals surface area (Å²) >= 11 is 0. The van der Waals surface area contributed by atoms with Crippen LogP contribution in [0, 0.1) is 0 Å². The summed E-state index contributed by atoms with van der Waals surface area (Å²) in [7, 11) is 0. The zero-order chi connectivity index (χ0) is 9.31. The lowest BCUT2D eigenvalue weighted by Crippen LogP contribution is -2.28. The van der Waals surface area contributed by atoms with Crippen molar-refractivity contribution in [3.63, 3.8) is 0 Å². The minimum atomic E-state index is 0.0185. The highest BCUT2D eigenvalue weighted by Crippen LogP contribution is 2.32. The number of rotatable bonds is 2. The van der Waals surface area contributed by atoms with Crippen molar-refractivity contribution in [2.24, 2.45) is 0 Å². The molecule has 0 aliphatic carbocycles. The van der Waals surface area contributed by atoms with Gasteiger partial charge in [0.15, 0.2) is 0 Å². The van der Waals surface area contributed by atoms with Gasteiger partial charge >= 0.3 is 0 Å². The first-order valence-electron chi connectivity index (χ1n) is 4.57. The number of anilines is 1. The third-order valence-electron chi connectivity index (χ3n) is 2.82. The van der Waals surface area contributed by atoms with E-state index in [0.717, 1.165) is 25.9 Å². The number of nitrogens with zero attached hydrogens (tertiary/aromatic N) is 2. The number of nitrogens with two attached hydrogens (primary N) is 1. The van der Waals surface area contributed by atoms with E-state index >= 15 is 0 Å². The maximum Gasteiger partial charge on any atom is 0.260 e. The second kappa shape index (κ2) is 2.99. The maximum atomic E-state index is 5.42. The fourth-order valence-corrected chi connectivity index (χ4v) is 1.83. The Morgan fingerprint density at radius 2 is 2.54 bits per heavy atom. The molecule has 1 aromatic heterocycles. The Morgan fingerprint density at radius 1 is 1.69 bits per heavy atom. The Morgan fingerprint density at radius 3 is 3.00 bits per heavy atom. The van der Waals surface area contributed by atoms with Crippen molar-refractivity contribution >= 4 is 5.95 Å². The zero-order valence-electron chi connectivity index (χ0n) is 7.71. The third kappa shape index (κ3) is 1.29. The Kier molecular flexibility index (Phi) is 1.95. The molecular formula is C8H14N4O. The number of aromatic nitrogens is 2. The van der Waals surface area contributed by atoms with Crippen LogP contribution in [0.5, 0.6) is 0 Å². The molecule has 1 unspecified atom stereocenters. The fraction of sp³-hybridized carbons (Fsp3) is 0.750. The second-order valence-corrected chi connectivity index (χ2v) is 3.52. The van der Waals surface area contributed by atoms with Crippen molar-refractivity contribution in [3.05, 3.63) is 5.89 Å². The smallest absolute Gasteiger partial charge is 0.260 e. The molecule has 1 aromatic rings. The molecule has 1 atom stereocenters. The van der Waals surface area contributed by atoms with Gasteiger partial charge in [-0.2, -0.15) is 4.98 Å². The first-order chi connectivity index (χ1) is 6.27. The van der Waals surface area contributed by atoms with Crippen LogP contribution in [-0.2, 0) is 5.41 Å². The summed E-state index contributed by atoms with van der Waals surface area (Å²) in [6.45, 7) is 4.05. The SMILES string of the molecule is CCC1(c2nc(N)no2)CCNC1. The Bertz CT molecular complexity index is 290. The van der Waals surface area contributed by atoms with Gasteiger partial charge in [0, 0.05) is 6.54 Å². The maximum absolute atomic E-state index is 5.42. The molecular weight excluding hydrogens is 168 g/mol. The first-order valence-corrected chi connectivity index (χ1v) is 4.57. The lowest BCUT2D eigenvalue weighted by atomic mass is 9.84. The van der Waals surface area contributed by atoms with Gasteiger partial charge in [-0.25, -0.2) is 0 Å². The first kappa shape index (κ1) is 8.50. The van der Waals surface area contributed by atoms with Crippen molar-refractivity contribution in [1.29, 1.82) is 0 Å². The van der Waals surface area contributed by atoms with Crippen LogP contribution in [-0.4, -0.2) is 23.2 Å². The summed E-state index contributed by atoms with van der Waals surface area (Å²) in [5.41, 5.74) is 5.44. The van der Waals surface area contributed by atoms with Gasteiger partial charge in [0.1, 0.15) is 0 Å². The Labute approximate surface area is 76.7 Å². The normalized spacial score (nSPS) is 28.1. The van der Waals surface area contributed by atoms with Gasteiger partial charge in [0.25, 0.3) is 5.95 Å². The topological polar surface area (TPSA) is 77.0 Å². The van der Waals surface area contributed by atoms with Gasteiger partial charge in [-0.15, -0.1) is 0 Å². The van der Waals surface area contributed by atoms with E-state index in [-0.39, 0.29) is 11.4 Å². The molecule has 5 nitrogen and oxygen atoms in total. The van der Waals surface area contributed by atoms with Gasteiger partial charge in [0.2, 0.25) is 5.89 Å². The molecule has 1 aliphatic heterocycles. The van der Waals surface area contributed by atoms with Gasteiger partial charge in [-0.3, -0.25) is 0 Å². The van der Waals surface area contributed by atoms with E-state index in [1.54, 1.807) is 0 Å². The molecule has 13 heavy (non-hydrogen) atoms. The predicted molar refractivity (Wildman–Crippen MR) is 48.2 cm³/mol. The molecule has 1 saturated heterocycles. The van der Waals surface area contributed by atoms with Crippen LogP contribution in [0.2, 0.25) is 0 Å². The molecule has 0 aromatic carbocycles. The molecule has 3 N–H and O–H groups in total. The van der Waals surface area contributed by atoms with E-state index in [4.69, 9.17) is 10.3 Å². The van der Waals surface area contributed by atoms with Crippen molar-refractivity contribution in [3.8, 4) is 0 Å². The minimum Gasteiger partial charge on any atom is -0.365 e. The number of hydrogen-bond donors (Lipinski definition) is 2. The van der Waals surface area contributed by atoms with Crippen molar-refractivity contribution < 1.29 is 4.52 Å². The monoisotopic (exact) mass is 182 g/mol. The summed E-state index contributed by atoms with van der Waals surface area (Å²) in [4.78, 5) is 4.10. The standard InChI is InChI=1S/C8H14N4O/c1-2-8(3-4-10-5-8)6-11-7(9)12-13-6/h10H,2-5H2,1H3,(H2,9,12). The van der Waals surface area contributed by atoms with Crippen LogP contribution in [0.25, 0.3) is 0 Å². The summed E-state index contributed by atoms with van der Waals surface area (Å²) in [5, 5.41) is 6.92. The van der Waals surface area contributed by atoms with Crippen LogP contribution < -0.4 is 11.1 Å². The molecule has 0 radical (unpaired) electrons. The molecule has 0 saturated carbocycles. The van der Waals surface area contributed by atoms with Gasteiger partial charge in [0.05, 0.1) is 5.41 Å². The summed E-state index contributed by atoms with van der Waals surface area (Å²) in [6, 6.07) is 0. The van der Waals surface area contributed by atoms with E-state index < -0.39 is 0 Å². The van der Waals surface area contributed by atoms with Gasteiger partial charge in [-0.1, -0.05) is 6.92 Å². The van der Waals surface area contributed by atoms with Crippen LogP contribution >= 0.6 is 0 Å². The molecule has 1 fully saturated rings. The summed E-state index contributed by atoms with van der Waals surface area (Å²) in [6.07, 6.45) is 2.05. The summed E-state index contributed by atoms with van der Waals surface area (Å²) < 4.78 is 5.12. The van der Waals surface area contributed by atoms with Crippen molar-refractivity contribution in [1.82, 2.24) is 15.5 Å². The molecule has 0 spiro atoms. The fourth-order valence-electron chi connectivity index (χ4n) is 1.83. The Balaban J connectivity index is 2.30. The van der Waals surface area contributed by atoms with E-state index in [2.05, 4.69) is 22.4 Å². The van der Waals surface area contributed by atoms with Gasteiger partial charge in [-0.05, 0) is 24.5 Å². The van der Waals surface area contributed by atoms with Crippen LogP contribution in [0.4, 0.5) is 5.95 Å². The third-order valence-corrected chi connectivity index (χ3v) is 2.82. The van der Waals surface area contributed by atoms with E-state index in [9.17, 15) is 0 Å². The average molecular weight is 182 g/mol. The van der Waals surface area contributed by atoms with E-state index in [1.807, 2.05) is 0 Å². The molecule has 1 aliphatic rings. The summed E-state index contributed by atoms with van der Waals surface area (Å²) in [5.74, 6) is 0.909.